The number of nitrogens with two attached hydrogens (primary N) is 1. The molecular weight excluding hydrogens is 255 g/mol. The highest BCUT2D eigenvalue weighted by Crippen LogP contribution is 2.33. The molecule has 2 aromatic rings. The number of nitrogens with zero attached hydrogens (tertiary/aromatic N) is 1. The van der Waals surface area contributed by atoms with Crippen molar-refractivity contribution in [3.8, 4) is 0 Å². The maximum absolute atomic E-state index is 13.4. The third kappa shape index (κ3) is 2.78. The first-order valence-corrected chi connectivity index (χ1v) is 5.85. The Kier molecular flexibility index (Phi) is 3.47. The smallest absolute Gasteiger partial charge is 0.272 e. The van der Waals surface area contributed by atoms with Gasteiger partial charge in [0.05, 0.1) is 4.92 Å². The fraction of sp³-hybridized carbons (Fsp3) is 0. The summed E-state index contributed by atoms with van der Waals surface area (Å²) >= 11 is 1.10. The van der Waals surface area contributed by atoms with Crippen LogP contribution < -0.4 is 5.73 Å². The van der Waals surface area contributed by atoms with Gasteiger partial charge in [0.15, 0.2) is 0 Å². The second-order valence-corrected chi connectivity index (χ2v) is 4.67. The van der Waals surface area contributed by atoms with E-state index in [0.29, 0.717) is 9.79 Å². The van der Waals surface area contributed by atoms with Crippen molar-refractivity contribution in [2.75, 3.05) is 5.73 Å². The van der Waals surface area contributed by atoms with E-state index in [1.165, 1.54) is 18.2 Å². The second-order valence-electron chi connectivity index (χ2n) is 3.55. The van der Waals surface area contributed by atoms with Gasteiger partial charge in [0.1, 0.15) is 5.82 Å². The summed E-state index contributed by atoms with van der Waals surface area (Å²) < 4.78 is 13.4. The summed E-state index contributed by atoms with van der Waals surface area (Å²) in [5, 5.41) is 10.7. The zero-order chi connectivity index (χ0) is 13.1. The molecule has 2 aromatic carbocycles. The molecule has 6 heteroatoms. The van der Waals surface area contributed by atoms with Gasteiger partial charge < -0.3 is 5.73 Å². The summed E-state index contributed by atoms with van der Waals surface area (Å²) in [5.74, 6) is -0.368. The Bertz CT molecular complexity index is 604. The minimum atomic E-state index is -0.526. The molecule has 4 nitrogen and oxygen atoms in total. The minimum Gasteiger partial charge on any atom is -0.398 e. The Hall–Kier alpha value is -2.08. The Labute approximate surface area is 107 Å². The number of nitro benzene ring substituents is 1. The van der Waals surface area contributed by atoms with E-state index >= 15 is 0 Å². The van der Waals surface area contributed by atoms with Crippen LogP contribution in [-0.2, 0) is 0 Å². The summed E-state index contributed by atoms with van der Waals surface area (Å²) in [6.07, 6.45) is 0. The number of rotatable bonds is 3. The molecule has 0 bridgehead atoms. The van der Waals surface area contributed by atoms with Gasteiger partial charge in [0.25, 0.3) is 5.69 Å². The number of nitrogen functional groups attached to an aromatic ring is 1. The monoisotopic (exact) mass is 264 g/mol. The van der Waals surface area contributed by atoms with Crippen LogP contribution in [0.5, 0.6) is 0 Å². The van der Waals surface area contributed by atoms with Gasteiger partial charge in [0.2, 0.25) is 0 Å². The van der Waals surface area contributed by atoms with E-state index in [2.05, 4.69) is 0 Å². The molecule has 0 aromatic heterocycles. The molecule has 0 spiro atoms. The molecule has 0 saturated carbocycles. The first kappa shape index (κ1) is 12.4. The number of hydrogen-bond donors (Lipinski definition) is 1. The van der Waals surface area contributed by atoms with E-state index in [0.717, 1.165) is 11.8 Å². The van der Waals surface area contributed by atoms with Crippen LogP contribution in [0.25, 0.3) is 0 Å². The Morgan fingerprint density at radius 2 is 1.94 bits per heavy atom. The predicted octanol–water partition coefficient (Wildman–Crippen LogP) is 3.47. The highest BCUT2D eigenvalue weighted by Gasteiger charge is 2.10. The van der Waals surface area contributed by atoms with Crippen LogP contribution >= 0.6 is 11.8 Å². The van der Waals surface area contributed by atoms with Gasteiger partial charge in [-0.1, -0.05) is 23.9 Å². The average Bonchev–Trinajstić information content (AvgIpc) is 2.31. The zero-order valence-corrected chi connectivity index (χ0v) is 9.99. The molecule has 0 aliphatic heterocycles. The van der Waals surface area contributed by atoms with Crippen LogP contribution in [0.2, 0.25) is 0 Å². The Balaban J connectivity index is 2.35. The molecule has 0 atom stereocenters. The summed E-state index contributed by atoms with van der Waals surface area (Å²) in [6.45, 7) is 0. The standard InChI is InChI=1S/C12H9FN2O2S/c13-11-3-1-2-4-12(11)18-10-6-8(14)5-9(7-10)15(16)17/h1-7H,14H2. The van der Waals surface area contributed by atoms with Crippen molar-refractivity contribution in [2.45, 2.75) is 9.79 Å². The van der Waals surface area contributed by atoms with Gasteiger partial charge in [-0.15, -0.1) is 0 Å². The van der Waals surface area contributed by atoms with Crippen LogP contribution in [0.15, 0.2) is 52.3 Å². The number of anilines is 1. The molecule has 0 fully saturated rings. The molecule has 0 saturated heterocycles. The molecule has 18 heavy (non-hydrogen) atoms. The molecule has 0 amide bonds. The van der Waals surface area contributed by atoms with E-state index < -0.39 is 4.92 Å². The third-order valence-electron chi connectivity index (χ3n) is 2.19. The number of hydrogen-bond acceptors (Lipinski definition) is 4. The van der Waals surface area contributed by atoms with Gasteiger partial charge in [0, 0.05) is 27.6 Å². The fourth-order valence-electron chi connectivity index (χ4n) is 1.42. The molecular formula is C12H9FN2O2S. The predicted molar refractivity (Wildman–Crippen MR) is 68.0 cm³/mol. The van der Waals surface area contributed by atoms with Crippen molar-refractivity contribution < 1.29 is 9.31 Å². The normalized spacial score (nSPS) is 10.3. The summed E-state index contributed by atoms with van der Waals surface area (Å²) in [5.41, 5.74) is 5.76. The molecule has 0 aliphatic carbocycles. The van der Waals surface area contributed by atoms with Gasteiger partial charge >= 0.3 is 0 Å². The van der Waals surface area contributed by atoms with Gasteiger partial charge in [-0.05, 0) is 18.2 Å². The first-order valence-electron chi connectivity index (χ1n) is 5.03. The minimum absolute atomic E-state index is 0.103. The largest absolute Gasteiger partial charge is 0.398 e. The number of halogens is 1. The molecule has 0 aliphatic rings. The lowest BCUT2D eigenvalue weighted by atomic mass is 10.3. The Morgan fingerprint density at radius 3 is 2.61 bits per heavy atom. The third-order valence-corrected chi connectivity index (χ3v) is 3.21. The van der Waals surface area contributed by atoms with E-state index in [9.17, 15) is 14.5 Å². The lowest BCUT2D eigenvalue weighted by Gasteiger charge is -2.04. The summed E-state index contributed by atoms with van der Waals surface area (Å²) in [4.78, 5) is 11.1. The topological polar surface area (TPSA) is 69.2 Å². The molecule has 0 heterocycles. The second kappa shape index (κ2) is 5.05. The highest BCUT2D eigenvalue weighted by atomic mass is 32.2. The van der Waals surface area contributed by atoms with Gasteiger partial charge in [-0.2, -0.15) is 0 Å². The van der Waals surface area contributed by atoms with E-state index in [1.54, 1.807) is 24.3 Å². The molecule has 0 unspecified atom stereocenters. The molecule has 2 N–H and O–H groups in total. The fourth-order valence-corrected chi connectivity index (χ4v) is 2.37. The molecule has 0 radical (unpaired) electrons. The lowest BCUT2D eigenvalue weighted by molar-refractivity contribution is -0.385. The molecule has 2 rings (SSSR count). The number of benzene rings is 2. The highest BCUT2D eigenvalue weighted by molar-refractivity contribution is 7.99. The van der Waals surface area contributed by atoms with Crippen molar-refractivity contribution in [1.82, 2.24) is 0 Å². The lowest BCUT2D eigenvalue weighted by Crippen LogP contribution is -1.92. The van der Waals surface area contributed by atoms with E-state index in [-0.39, 0.29) is 17.2 Å². The van der Waals surface area contributed by atoms with Crippen molar-refractivity contribution in [1.29, 1.82) is 0 Å². The Morgan fingerprint density at radius 1 is 1.22 bits per heavy atom. The summed E-state index contributed by atoms with van der Waals surface area (Å²) in [7, 11) is 0. The van der Waals surface area contributed by atoms with Crippen LogP contribution in [-0.4, -0.2) is 4.92 Å². The number of non-ortho nitro benzene ring substituents is 1. The maximum Gasteiger partial charge on any atom is 0.272 e. The van der Waals surface area contributed by atoms with E-state index in [1.807, 2.05) is 0 Å². The van der Waals surface area contributed by atoms with Crippen molar-refractivity contribution in [3.05, 3.63) is 58.4 Å². The van der Waals surface area contributed by atoms with Crippen molar-refractivity contribution in [2.24, 2.45) is 0 Å². The SMILES string of the molecule is Nc1cc(Sc2ccccc2F)cc([N+](=O)[O-])c1. The average molecular weight is 264 g/mol. The van der Waals surface area contributed by atoms with Crippen molar-refractivity contribution >= 4 is 23.1 Å². The number of nitro groups is 1. The van der Waals surface area contributed by atoms with Crippen molar-refractivity contribution in [3.63, 3.8) is 0 Å². The summed E-state index contributed by atoms with van der Waals surface area (Å²) in [6, 6.07) is 10.4. The first-order chi connectivity index (χ1) is 8.56. The van der Waals surface area contributed by atoms with Crippen LogP contribution in [0.3, 0.4) is 0 Å². The van der Waals surface area contributed by atoms with Crippen LogP contribution in [0, 0.1) is 15.9 Å². The van der Waals surface area contributed by atoms with Gasteiger partial charge in [-0.3, -0.25) is 10.1 Å². The van der Waals surface area contributed by atoms with E-state index in [4.69, 9.17) is 5.73 Å². The maximum atomic E-state index is 13.4. The van der Waals surface area contributed by atoms with Crippen LogP contribution in [0.4, 0.5) is 15.8 Å². The molecule has 92 valence electrons. The quantitative estimate of drug-likeness (QED) is 0.523. The van der Waals surface area contributed by atoms with Gasteiger partial charge in [-0.25, -0.2) is 4.39 Å². The zero-order valence-electron chi connectivity index (χ0n) is 9.17. The van der Waals surface area contributed by atoms with Crippen LogP contribution in [0.1, 0.15) is 0 Å².